The average molecular weight is 516 g/mol. The van der Waals surface area contributed by atoms with E-state index in [1.807, 2.05) is 0 Å². The number of halogens is 8. The molecule has 3 aromatic rings. The number of hydrogen-bond acceptors (Lipinski definition) is 5. The Morgan fingerprint density at radius 1 is 1.00 bits per heavy atom. The maximum atomic E-state index is 13.2. The molecule has 0 amide bonds. The molecule has 0 radical (unpaired) electrons. The Kier molecular flexibility index (Phi) is 6.37. The van der Waals surface area contributed by atoms with E-state index < -0.39 is 31.0 Å². The number of benzene rings is 1. The summed E-state index contributed by atoms with van der Waals surface area (Å²) >= 11 is 8.82. The van der Waals surface area contributed by atoms with E-state index in [1.165, 1.54) is 24.5 Å². The maximum Gasteiger partial charge on any atom is 0.451 e. The number of hydrogen-bond donors (Lipinski definition) is 0. The van der Waals surface area contributed by atoms with Crippen molar-refractivity contribution in [2.45, 2.75) is 31.6 Å². The largest absolute Gasteiger partial charge is 0.451 e. The summed E-state index contributed by atoms with van der Waals surface area (Å²) in [5.41, 5.74) is -0.396. The predicted octanol–water partition coefficient (Wildman–Crippen LogP) is 6.53. The normalized spacial score (nSPS) is 12.4. The van der Waals surface area contributed by atoms with Crippen molar-refractivity contribution >= 4 is 38.4 Å². The van der Waals surface area contributed by atoms with Crippen LogP contribution in [-0.2, 0) is 12.6 Å². The number of rotatable bonds is 5. The molecule has 0 N–H and O–H groups in total. The van der Waals surface area contributed by atoms with E-state index in [4.69, 9.17) is 16.3 Å². The van der Waals surface area contributed by atoms with Crippen molar-refractivity contribution in [1.29, 1.82) is 0 Å². The summed E-state index contributed by atoms with van der Waals surface area (Å²) in [6.07, 6.45) is -8.87. The van der Waals surface area contributed by atoms with Crippen LogP contribution in [0.1, 0.15) is 24.4 Å². The van der Waals surface area contributed by atoms with E-state index in [0.717, 1.165) is 0 Å². The highest BCUT2D eigenvalue weighted by molar-refractivity contribution is 9.10. The zero-order chi connectivity index (χ0) is 22.1. The lowest BCUT2D eigenvalue weighted by Crippen LogP contribution is -2.14. The summed E-state index contributed by atoms with van der Waals surface area (Å²) in [5.74, 6) is -1.47. The molecule has 160 valence electrons. The van der Waals surface area contributed by atoms with Crippen molar-refractivity contribution in [3.05, 3.63) is 45.5 Å². The molecular formula is C17H10BrClF6N4O. The molecule has 0 saturated carbocycles. The molecule has 0 unspecified atom stereocenters. The van der Waals surface area contributed by atoms with E-state index in [-0.39, 0.29) is 44.3 Å². The number of nitrogens with zero attached hydrogens (tertiary/aromatic N) is 4. The van der Waals surface area contributed by atoms with Crippen molar-refractivity contribution < 1.29 is 31.1 Å². The fraction of sp³-hybridized carbons (Fsp3) is 0.294. The smallest absolute Gasteiger partial charge is 0.424 e. The monoisotopic (exact) mass is 514 g/mol. The molecule has 30 heavy (non-hydrogen) atoms. The number of ether oxygens (including phenoxy) is 1. The van der Waals surface area contributed by atoms with E-state index >= 15 is 0 Å². The molecule has 3 rings (SSSR count). The molecule has 2 aromatic heterocycles. The first-order chi connectivity index (χ1) is 13.9. The van der Waals surface area contributed by atoms with Gasteiger partial charge in [-0.25, -0.2) is 19.9 Å². The van der Waals surface area contributed by atoms with Crippen molar-refractivity contribution in [2.24, 2.45) is 0 Å². The molecule has 0 aliphatic rings. The van der Waals surface area contributed by atoms with Crippen molar-refractivity contribution in [3.8, 4) is 11.8 Å². The zero-order valence-corrected chi connectivity index (χ0v) is 17.0. The second kappa shape index (κ2) is 8.50. The van der Waals surface area contributed by atoms with E-state index in [1.54, 1.807) is 0 Å². The molecule has 0 atom stereocenters. The van der Waals surface area contributed by atoms with Gasteiger partial charge in [0.25, 0.3) is 0 Å². The van der Waals surface area contributed by atoms with Gasteiger partial charge >= 0.3 is 18.4 Å². The molecule has 0 saturated heterocycles. The number of fused-ring (bicyclic) bond motifs is 1. The van der Waals surface area contributed by atoms with Gasteiger partial charge in [-0.2, -0.15) is 26.3 Å². The zero-order valence-electron chi connectivity index (χ0n) is 14.7. The lowest BCUT2D eigenvalue weighted by Gasteiger charge is -2.15. The van der Waals surface area contributed by atoms with E-state index in [2.05, 4.69) is 35.9 Å². The Labute approximate surface area is 178 Å². The molecule has 1 aromatic carbocycles. The molecule has 0 bridgehead atoms. The predicted molar refractivity (Wildman–Crippen MR) is 98.3 cm³/mol. The number of aromatic nitrogens is 4. The van der Waals surface area contributed by atoms with E-state index in [9.17, 15) is 26.3 Å². The van der Waals surface area contributed by atoms with Crippen molar-refractivity contribution in [1.82, 2.24) is 19.9 Å². The second-order valence-corrected chi connectivity index (χ2v) is 7.31. The topological polar surface area (TPSA) is 60.8 Å². The fourth-order valence-corrected chi connectivity index (χ4v) is 3.07. The van der Waals surface area contributed by atoms with Gasteiger partial charge in [-0.05, 0) is 40.9 Å². The van der Waals surface area contributed by atoms with Gasteiger partial charge in [0, 0.05) is 10.9 Å². The minimum absolute atomic E-state index is 0.00810. The third-order valence-electron chi connectivity index (χ3n) is 3.76. The first kappa shape index (κ1) is 22.5. The van der Waals surface area contributed by atoms with Crippen molar-refractivity contribution in [3.63, 3.8) is 0 Å². The van der Waals surface area contributed by atoms with E-state index in [0.29, 0.717) is 0 Å². The highest BCUT2D eigenvalue weighted by Gasteiger charge is 2.36. The number of aryl methyl sites for hydroxylation is 1. The second-order valence-electron chi connectivity index (χ2n) is 6.02. The first-order valence-electron chi connectivity index (χ1n) is 8.22. The van der Waals surface area contributed by atoms with Gasteiger partial charge in [-0.15, -0.1) is 0 Å². The van der Waals surface area contributed by atoms with Crippen LogP contribution in [0.5, 0.6) is 11.8 Å². The van der Waals surface area contributed by atoms with Gasteiger partial charge in [0.05, 0.1) is 34.0 Å². The van der Waals surface area contributed by atoms with Gasteiger partial charge in [0.2, 0.25) is 5.82 Å². The maximum absolute atomic E-state index is 13.2. The van der Waals surface area contributed by atoms with Crippen LogP contribution in [-0.4, -0.2) is 26.1 Å². The molecule has 0 aliphatic carbocycles. The Balaban J connectivity index is 2.12. The summed E-state index contributed by atoms with van der Waals surface area (Å²) < 4.78 is 83.0. The first-order valence-corrected chi connectivity index (χ1v) is 9.39. The highest BCUT2D eigenvalue weighted by atomic mass is 79.9. The Bertz CT molecular complexity index is 1060. The Morgan fingerprint density at radius 3 is 2.27 bits per heavy atom. The summed E-state index contributed by atoms with van der Waals surface area (Å²) in [6.45, 7) is 0. The molecule has 13 heteroatoms. The quantitative estimate of drug-likeness (QED) is 0.362. The average Bonchev–Trinajstić information content (AvgIpc) is 2.64. The molecule has 5 nitrogen and oxygen atoms in total. The van der Waals surface area contributed by atoms with Crippen LogP contribution in [0.15, 0.2) is 29.0 Å². The number of alkyl halides is 6. The summed E-state index contributed by atoms with van der Waals surface area (Å²) in [5, 5.41) is 0.257. The standard InChI is InChI=1S/C17H10BrClF6N4O/c18-9-3-4-11(30-15-26-6-8(19)7-27-15)12-10(2-1-5-16(20,21)22)28-14(17(23,24)25)29-13(9)12/h3-4,6-7H,1-2,5H2. The lowest BCUT2D eigenvalue weighted by atomic mass is 10.1. The van der Waals surface area contributed by atoms with Crippen LogP contribution in [0.2, 0.25) is 5.02 Å². The van der Waals surface area contributed by atoms with Crippen LogP contribution >= 0.6 is 27.5 Å². The molecule has 0 fully saturated rings. The van der Waals surface area contributed by atoms with Crippen LogP contribution in [0.4, 0.5) is 26.3 Å². The minimum atomic E-state index is -4.89. The van der Waals surface area contributed by atoms with Crippen LogP contribution in [0.25, 0.3) is 10.9 Å². The molecule has 0 spiro atoms. The van der Waals surface area contributed by atoms with Crippen LogP contribution in [0, 0.1) is 0 Å². The highest BCUT2D eigenvalue weighted by Crippen LogP contribution is 2.38. The Hall–Kier alpha value is -2.21. The summed E-state index contributed by atoms with van der Waals surface area (Å²) in [6, 6.07) is 2.62. The third-order valence-corrected chi connectivity index (χ3v) is 4.60. The summed E-state index contributed by atoms with van der Waals surface area (Å²) in [4.78, 5) is 14.7. The fourth-order valence-electron chi connectivity index (χ4n) is 2.55. The Morgan fingerprint density at radius 2 is 1.67 bits per heavy atom. The molecular weight excluding hydrogens is 506 g/mol. The SMILES string of the molecule is FC(F)(F)CCCc1nc(C(F)(F)F)nc2c(Br)ccc(Oc3ncc(Cl)cn3)c12. The van der Waals surface area contributed by atoms with Gasteiger partial charge in [0.1, 0.15) is 5.75 Å². The molecule has 0 aliphatic heterocycles. The lowest BCUT2D eigenvalue weighted by molar-refractivity contribution is -0.145. The minimum Gasteiger partial charge on any atom is -0.424 e. The van der Waals surface area contributed by atoms with Crippen LogP contribution < -0.4 is 4.74 Å². The summed E-state index contributed by atoms with van der Waals surface area (Å²) in [7, 11) is 0. The van der Waals surface area contributed by atoms with Gasteiger partial charge < -0.3 is 4.74 Å². The third kappa shape index (κ3) is 5.48. The molecule has 2 heterocycles. The van der Waals surface area contributed by atoms with Gasteiger partial charge in [-0.3, -0.25) is 0 Å². The van der Waals surface area contributed by atoms with Gasteiger partial charge in [0.15, 0.2) is 0 Å². The van der Waals surface area contributed by atoms with Crippen molar-refractivity contribution in [2.75, 3.05) is 0 Å². The van der Waals surface area contributed by atoms with Gasteiger partial charge in [-0.1, -0.05) is 11.6 Å². The van der Waals surface area contributed by atoms with Crippen LogP contribution in [0.3, 0.4) is 0 Å².